The van der Waals surface area contributed by atoms with Gasteiger partial charge < -0.3 is 15.6 Å². The Morgan fingerprint density at radius 1 is 1.48 bits per heavy atom. The predicted octanol–water partition coefficient (Wildman–Crippen LogP) is 0.495. The van der Waals surface area contributed by atoms with Gasteiger partial charge in [0.1, 0.15) is 0 Å². The Morgan fingerprint density at radius 3 is 2.62 bits per heavy atom. The van der Waals surface area contributed by atoms with Crippen LogP contribution in [-0.2, 0) is 14.8 Å². The van der Waals surface area contributed by atoms with Crippen LogP contribution in [0, 0.1) is 0 Å². The third-order valence-corrected chi connectivity index (χ3v) is 4.55. The molecular weight excluding hydrogens is 296 g/mol. The molecule has 7 nitrogen and oxygen atoms in total. The van der Waals surface area contributed by atoms with E-state index >= 15 is 0 Å². The summed E-state index contributed by atoms with van der Waals surface area (Å²) in [5.41, 5.74) is 4.48. The molecule has 0 bridgehead atoms. The molecule has 1 rings (SSSR count). The van der Waals surface area contributed by atoms with Crippen molar-refractivity contribution in [1.82, 2.24) is 4.72 Å². The lowest BCUT2D eigenvalue weighted by molar-refractivity contribution is 0.0596. The topological polar surface area (TPSA) is 119 Å². The average Bonchev–Trinajstić information content (AvgIpc) is 2.44. The second-order valence-electron chi connectivity index (χ2n) is 4.92. The third kappa shape index (κ3) is 4.42. The number of esters is 1. The Bertz CT molecular complexity index is 625. The number of carbonyl (C=O) groups excluding carboxylic acids is 1. The number of carbonyl (C=O) groups is 1. The van der Waals surface area contributed by atoms with Crippen molar-refractivity contribution in [3.8, 4) is 0 Å². The van der Waals surface area contributed by atoms with E-state index in [-0.39, 0.29) is 22.7 Å². The van der Waals surface area contributed by atoms with E-state index in [1.165, 1.54) is 25.1 Å². The molecule has 0 aliphatic carbocycles. The van der Waals surface area contributed by atoms with Gasteiger partial charge in [-0.05, 0) is 31.5 Å². The number of nitrogens with two attached hydrogens (primary N) is 1. The smallest absolute Gasteiger partial charge is 0.339 e. The number of hydrogen-bond donors (Lipinski definition) is 3. The quantitative estimate of drug-likeness (QED) is 0.519. The van der Waals surface area contributed by atoms with E-state index in [4.69, 9.17) is 5.73 Å². The molecular formula is C13H20N2O5S. The molecule has 0 saturated heterocycles. The van der Waals surface area contributed by atoms with Gasteiger partial charge in [-0.25, -0.2) is 17.9 Å². The van der Waals surface area contributed by atoms with E-state index in [1.807, 2.05) is 0 Å². The van der Waals surface area contributed by atoms with Gasteiger partial charge in [-0.3, -0.25) is 0 Å². The van der Waals surface area contributed by atoms with Crippen molar-refractivity contribution in [1.29, 1.82) is 0 Å². The molecule has 0 fully saturated rings. The maximum Gasteiger partial charge on any atom is 0.339 e. The number of hydrogen-bond acceptors (Lipinski definition) is 6. The fourth-order valence-electron chi connectivity index (χ4n) is 1.49. The molecule has 0 saturated carbocycles. The molecule has 8 heteroatoms. The number of sulfonamides is 1. The molecule has 0 amide bonds. The Hall–Kier alpha value is -1.64. The Balaban J connectivity index is 3.19. The van der Waals surface area contributed by atoms with Crippen molar-refractivity contribution in [2.75, 3.05) is 19.4 Å². The number of rotatable bonds is 6. The minimum Gasteiger partial charge on any atom is -0.465 e. The van der Waals surface area contributed by atoms with E-state index in [0.29, 0.717) is 6.42 Å². The fourth-order valence-corrected chi connectivity index (χ4v) is 2.88. The molecule has 0 aliphatic rings. The maximum atomic E-state index is 12.3. The van der Waals surface area contributed by atoms with Gasteiger partial charge in [0, 0.05) is 12.2 Å². The highest BCUT2D eigenvalue weighted by Gasteiger charge is 2.26. The van der Waals surface area contributed by atoms with Crippen LogP contribution in [0.5, 0.6) is 0 Å². The molecule has 0 aromatic heterocycles. The predicted molar refractivity (Wildman–Crippen MR) is 78.3 cm³/mol. The first-order chi connectivity index (χ1) is 9.63. The van der Waals surface area contributed by atoms with Gasteiger partial charge in [-0.2, -0.15) is 0 Å². The zero-order valence-electron chi connectivity index (χ0n) is 12.2. The fraction of sp³-hybridized carbons (Fsp3) is 0.462. The van der Waals surface area contributed by atoms with Crippen LogP contribution in [0.2, 0.25) is 0 Å². The summed E-state index contributed by atoms with van der Waals surface area (Å²) in [6.07, 6.45) is 0.371. The number of nitrogens with one attached hydrogen (secondary N) is 1. The van der Waals surface area contributed by atoms with Crippen LogP contribution in [0.4, 0.5) is 5.69 Å². The zero-order chi connectivity index (χ0) is 16.3. The molecule has 1 unspecified atom stereocenters. The van der Waals surface area contributed by atoms with Gasteiger partial charge >= 0.3 is 5.97 Å². The van der Waals surface area contributed by atoms with Crippen LogP contribution >= 0.6 is 0 Å². The normalized spacial score (nSPS) is 14.5. The van der Waals surface area contributed by atoms with Crippen molar-refractivity contribution in [2.45, 2.75) is 30.8 Å². The van der Waals surface area contributed by atoms with Crippen LogP contribution in [0.1, 0.15) is 30.6 Å². The number of benzene rings is 1. The minimum atomic E-state index is -4.00. The number of methoxy groups -OCH3 is 1. The van der Waals surface area contributed by atoms with Gasteiger partial charge in [0.25, 0.3) is 0 Å². The van der Waals surface area contributed by atoms with Gasteiger partial charge in [-0.15, -0.1) is 0 Å². The Labute approximate surface area is 124 Å². The first-order valence-corrected chi connectivity index (χ1v) is 7.81. The summed E-state index contributed by atoms with van der Waals surface area (Å²) in [6.45, 7) is 3.06. The van der Waals surface area contributed by atoms with Crippen LogP contribution in [0.25, 0.3) is 0 Å². The minimum absolute atomic E-state index is 0.115. The standard InChI is InChI=1S/C13H20N2O5S/c1-4-13(2,17)8-15-21(18,19)11-7-9(14)5-6-10(11)12(16)20-3/h5-7,15,17H,4,8,14H2,1-3H3. The number of ether oxygens (including phenoxy) is 1. The summed E-state index contributed by atoms with van der Waals surface area (Å²) in [5, 5.41) is 9.87. The number of nitrogen functional groups attached to an aromatic ring is 1. The van der Waals surface area contributed by atoms with E-state index in [9.17, 15) is 18.3 Å². The van der Waals surface area contributed by atoms with Crippen molar-refractivity contribution in [2.24, 2.45) is 0 Å². The second-order valence-corrected chi connectivity index (χ2v) is 6.66. The van der Waals surface area contributed by atoms with E-state index in [2.05, 4.69) is 9.46 Å². The van der Waals surface area contributed by atoms with Gasteiger partial charge in [0.05, 0.1) is 23.2 Å². The molecule has 1 atom stereocenters. The third-order valence-electron chi connectivity index (χ3n) is 3.11. The van der Waals surface area contributed by atoms with Crippen molar-refractivity contribution in [3.63, 3.8) is 0 Å². The first kappa shape index (κ1) is 17.4. The molecule has 1 aromatic carbocycles. The van der Waals surface area contributed by atoms with Crippen LogP contribution in [0.15, 0.2) is 23.1 Å². The first-order valence-electron chi connectivity index (χ1n) is 6.33. The van der Waals surface area contributed by atoms with Gasteiger partial charge in [-0.1, -0.05) is 6.92 Å². The summed E-state index contributed by atoms with van der Waals surface area (Å²) in [7, 11) is -2.85. The van der Waals surface area contributed by atoms with Crippen molar-refractivity contribution < 1.29 is 23.1 Å². The van der Waals surface area contributed by atoms with E-state index in [1.54, 1.807) is 6.92 Å². The van der Waals surface area contributed by atoms with E-state index < -0.39 is 21.6 Å². The molecule has 0 aliphatic heterocycles. The summed E-state index contributed by atoms with van der Waals surface area (Å²) in [5.74, 6) is -0.780. The monoisotopic (exact) mass is 316 g/mol. The van der Waals surface area contributed by atoms with Crippen molar-refractivity contribution >= 4 is 21.7 Å². The number of aliphatic hydroxyl groups is 1. The average molecular weight is 316 g/mol. The summed E-state index contributed by atoms with van der Waals surface area (Å²) in [6, 6.07) is 3.87. The highest BCUT2D eigenvalue weighted by atomic mass is 32.2. The van der Waals surface area contributed by atoms with Crippen LogP contribution < -0.4 is 10.5 Å². The summed E-state index contributed by atoms with van der Waals surface area (Å²) >= 11 is 0. The van der Waals surface area contributed by atoms with Gasteiger partial charge in [0.15, 0.2) is 0 Å². The molecule has 21 heavy (non-hydrogen) atoms. The van der Waals surface area contributed by atoms with Crippen LogP contribution in [-0.4, -0.2) is 38.7 Å². The summed E-state index contributed by atoms with van der Waals surface area (Å²) < 4.78 is 31.4. The van der Waals surface area contributed by atoms with Crippen LogP contribution in [0.3, 0.4) is 0 Å². The van der Waals surface area contributed by atoms with Crippen molar-refractivity contribution in [3.05, 3.63) is 23.8 Å². The maximum absolute atomic E-state index is 12.3. The Kier molecular flexibility index (Phi) is 5.32. The highest BCUT2D eigenvalue weighted by molar-refractivity contribution is 7.89. The highest BCUT2D eigenvalue weighted by Crippen LogP contribution is 2.20. The summed E-state index contributed by atoms with van der Waals surface area (Å²) in [4.78, 5) is 11.4. The molecule has 0 spiro atoms. The largest absolute Gasteiger partial charge is 0.465 e. The van der Waals surface area contributed by atoms with Gasteiger partial charge in [0.2, 0.25) is 10.0 Å². The molecule has 118 valence electrons. The Morgan fingerprint density at radius 2 is 2.10 bits per heavy atom. The zero-order valence-corrected chi connectivity index (χ0v) is 13.0. The SMILES string of the molecule is CCC(C)(O)CNS(=O)(=O)c1cc(N)ccc1C(=O)OC. The lowest BCUT2D eigenvalue weighted by Gasteiger charge is -2.22. The molecule has 4 N–H and O–H groups in total. The lowest BCUT2D eigenvalue weighted by Crippen LogP contribution is -2.40. The molecule has 0 heterocycles. The van der Waals surface area contributed by atoms with E-state index in [0.717, 1.165) is 7.11 Å². The molecule has 1 aromatic rings. The number of anilines is 1. The second kappa shape index (κ2) is 6.42. The lowest BCUT2D eigenvalue weighted by atomic mass is 10.1. The molecule has 0 radical (unpaired) electrons.